The molecule has 1 atom stereocenters. The number of piperazine rings is 1. The lowest BCUT2D eigenvalue weighted by atomic mass is 10.1. The summed E-state index contributed by atoms with van der Waals surface area (Å²) in [4.78, 5) is 31.6. The molecule has 0 bridgehead atoms. The van der Waals surface area contributed by atoms with Crippen molar-refractivity contribution in [2.24, 2.45) is 0 Å². The Hall–Kier alpha value is -3.24. The number of nitro benzene ring substituents is 1. The number of anilines is 2. The SMILES string of the molecule is C[C@@H]1CN(c2nc(Cc3ccc(Cl)cc3)ns2)CCN1C(=O)Nc1ccc([N+](=O)[O-])cc1. The van der Waals surface area contributed by atoms with Crippen molar-refractivity contribution < 1.29 is 9.72 Å². The molecule has 166 valence electrons. The molecule has 0 spiro atoms. The van der Waals surface area contributed by atoms with Crippen LogP contribution in [-0.4, -0.2) is 50.9 Å². The van der Waals surface area contributed by atoms with Crippen molar-refractivity contribution in [3.05, 3.63) is 75.1 Å². The van der Waals surface area contributed by atoms with Crippen LogP contribution in [0.4, 0.5) is 21.3 Å². The van der Waals surface area contributed by atoms with Gasteiger partial charge in [0.2, 0.25) is 5.13 Å². The van der Waals surface area contributed by atoms with Crippen molar-refractivity contribution in [1.82, 2.24) is 14.3 Å². The van der Waals surface area contributed by atoms with E-state index in [2.05, 4.69) is 19.6 Å². The lowest BCUT2D eigenvalue weighted by Gasteiger charge is -2.39. The highest BCUT2D eigenvalue weighted by Crippen LogP contribution is 2.23. The van der Waals surface area contributed by atoms with Crippen molar-refractivity contribution in [2.45, 2.75) is 19.4 Å². The van der Waals surface area contributed by atoms with E-state index in [1.54, 1.807) is 4.90 Å². The fourth-order valence-corrected chi connectivity index (χ4v) is 4.37. The van der Waals surface area contributed by atoms with E-state index in [9.17, 15) is 14.9 Å². The second kappa shape index (κ2) is 9.49. The number of hydrogen-bond acceptors (Lipinski definition) is 7. The number of nitrogens with zero attached hydrogens (tertiary/aromatic N) is 5. The molecule has 32 heavy (non-hydrogen) atoms. The zero-order valence-corrected chi connectivity index (χ0v) is 18.8. The van der Waals surface area contributed by atoms with Crippen LogP contribution in [0.1, 0.15) is 18.3 Å². The molecule has 1 fully saturated rings. The molecule has 0 unspecified atom stereocenters. The van der Waals surface area contributed by atoms with Gasteiger partial charge in [-0.3, -0.25) is 10.1 Å². The number of urea groups is 1. The molecule has 0 aliphatic carbocycles. The molecule has 4 rings (SSSR count). The Morgan fingerprint density at radius 3 is 2.59 bits per heavy atom. The summed E-state index contributed by atoms with van der Waals surface area (Å²) in [6, 6.07) is 13.2. The van der Waals surface area contributed by atoms with E-state index in [0.29, 0.717) is 36.8 Å². The highest BCUT2D eigenvalue weighted by Gasteiger charge is 2.29. The summed E-state index contributed by atoms with van der Waals surface area (Å²) in [5.41, 5.74) is 1.60. The largest absolute Gasteiger partial charge is 0.343 e. The third-order valence-corrected chi connectivity index (χ3v) is 6.29. The number of nitro groups is 1. The van der Waals surface area contributed by atoms with Gasteiger partial charge in [-0.25, -0.2) is 9.78 Å². The van der Waals surface area contributed by atoms with E-state index in [-0.39, 0.29) is 17.8 Å². The van der Waals surface area contributed by atoms with E-state index in [4.69, 9.17) is 11.6 Å². The number of aromatic nitrogens is 2. The minimum atomic E-state index is -0.471. The Kier molecular flexibility index (Phi) is 6.52. The molecule has 1 aliphatic heterocycles. The second-order valence-corrected chi connectivity index (χ2v) is 8.69. The van der Waals surface area contributed by atoms with E-state index < -0.39 is 4.92 Å². The highest BCUT2D eigenvalue weighted by molar-refractivity contribution is 7.09. The van der Waals surface area contributed by atoms with Crippen molar-refractivity contribution in [2.75, 3.05) is 29.9 Å². The molecule has 9 nitrogen and oxygen atoms in total. The molecular weight excluding hydrogens is 452 g/mol. The van der Waals surface area contributed by atoms with Crippen LogP contribution < -0.4 is 10.2 Å². The van der Waals surface area contributed by atoms with Gasteiger partial charge >= 0.3 is 6.03 Å². The Morgan fingerprint density at radius 1 is 1.22 bits per heavy atom. The quantitative estimate of drug-likeness (QED) is 0.435. The summed E-state index contributed by atoms with van der Waals surface area (Å²) in [6.07, 6.45) is 0.640. The van der Waals surface area contributed by atoms with Gasteiger partial charge in [-0.1, -0.05) is 23.7 Å². The fourth-order valence-electron chi connectivity index (χ4n) is 3.52. The summed E-state index contributed by atoms with van der Waals surface area (Å²) in [7, 11) is 0. The molecule has 1 aliphatic rings. The standard InChI is InChI=1S/C21H21ClN6O3S/c1-14-13-26(21-24-19(25-32-21)12-15-2-4-16(22)5-3-15)10-11-27(14)20(29)23-17-6-8-18(9-7-17)28(30)31/h2-9,14H,10-13H2,1H3,(H,23,29)/t14-/m1/s1. The van der Waals surface area contributed by atoms with Gasteiger partial charge in [-0.05, 0) is 36.8 Å². The first-order valence-corrected chi connectivity index (χ1v) is 11.2. The summed E-state index contributed by atoms with van der Waals surface area (Å²) in [5.74, 6) is 0.762. The van der Waals surface area contributed by atoms with Crippen molar-refractivity contribution in [3.8, 4) is 0 Å². The zero-order valence-electron chi connectivity index (χ0n) is 17.3. The maximum Gasteiger partial charge on any atom is 0.322 e. The first-order chi connectivity index (χ1) is 15.4. The number of halogens is 1. The fraction of sp³-hybridized carbons (Fsp3) is 0.286. The van der Waals surface area contributed by atoms with Gasteiger partial charge < -0.3 is 15.1 Å². The predicted octanol–water partition coefficient (Wildman–Crippen LogP) is 4.43. The van der Waals surface area contributed by atoms with Gasteiger partial charge in [0.1, 0.15) is 5.82 Å². The molecule has 2 amide bonds. The van der Waals surface area contributed by atoms with Crippen LogP contribution in [0.2, 0.25) is 5.02 Å². The average molecular weight is 473 g/mol. The van der Waals surface area contributed by atoms with Crippen LogP contribution in [-0.2, 0) is 6.42 Å². The topological polar surface area (TPSA) is 104 Å². The van der Waals surface area contributed by atoms with Gasteiger partial charge in [-0.2, -0.15) is 4.37 Å². The summed E-state index contributed by atoms with van der Waals surface area (Å²) < 4.78 is 4.48. The second-order valence-electron chi connectivity index (χ2n) is 7.52. The van der Waals surface area contributed by atoms with Crippen LogP contribution in [0.3, 0.4) is 0 Å². The van der Waals surface area contributed by atoms with Crippen LogP contribution in [0.5, 0.6) is 0 Å². The Morgan fingerprint density at radius 2 is 1.94 bits per heavy atom. The molecule has 1 aromatic heterocycles. The minimum absolute atomic E-state index is 0.0162. The summed E-state index contributed by atoms with van der Waals surface area (Å²) >= 11 is 7.30. The Bertz CT molecular complexity index is 1110. The molecule has 2 heterocycles. The third-order valence-electron chi connectivity index (χ3n) is 5.22. The molecule has 11 heteroatoms. The maximum absolute atomic E-state index is 12.7. The number of amides is 2. The minimum Gasteiger partial charge on any atom is -0.343 e. The number of nitrogens with one attached hydrogen (secondary N) is 1. The van der Waals surface area contributed by atoms with Crippen LogP contribution in [0.15, 0.2) is 48.5 Å². The van der Waals surface area contributed by atoms with Gasteiger partial charge in [0.25, 0.3) is 5.69 Å². The van der Waals surface area contributed by atoms with E-state index in [0.717, 1.165) is 16.5 Å². The Labute approximate surface area is 194 Å². The highest BCUT2D eigenvalue weighted by atomic mass is 35.5. The smallest absolute Gasteiger partial charge is 0.322 e. The third kappa shape index (κ3) is 5.14. The molecule has 0 radical (unpaired) electrons. The van der Waals surface area contributed by atoms with E-state index in [1.165, 1.54) is 35.8 Å². The average Bonchev–Trinajstić information content (AvgIpc) is 3.24. The number of carbonyl (C=O) groups is 1. The van der Waals surface area contributed by atoms with Crippen LogP contribution in [0.25, 0.3) is 0 Å². The normalized spacial score (nSPS) is 16.1. The van der Waals surface area contributed by atoms with Gasteiger partial charge in [0.15, 0.2) is 0 Å². The zero-order chi connectivity index (χ0) is 22.7. The number of hydrogen-bond donors (Lipinski definition) is 1. The summed E-state index contributed by atoms with van der Waals surface area (Å²) in [5, 5.41) is 15.1. The lowest BCUT2D eigenvalue weighted by molar-refractivity contribution is -0.384. The van der Waals surface area contributed by atoms with Crippen molar-refractivity contribution in [1.29, 1.82) is 0 Å². The molecule has 2 aromatic carbocycles. The van der Waals surface area contributed by atoms with E-state index in [1.807, 2.05) is 31.2 Å². The first kappa shape index (κ1) is 22.0. The first-order valence-electron chi connectivity index (χ1n) is 10.0. The maximum atomic E-state index is 12.7. The number of non-ortho nitro benzene ring substituents is 1. The number of carbonyl (C=O) groups excluding carboxylic acids is 1. The summed E-state index contributed by atoms with van der Waals surface area (Å²) in [6.45, 7) is 3.81. The molecular formula is C21H21ClN6O3S. The number of rotatable bonds is 5. The monoisotopic (exact) mass is 472 g/mol. The van der Waals surface area contributed by atoms with Gasteiger partial charge in [-0.15, -0.1) is 0 Å². The van der Waals surface area contributed by atoms with Crippen LogP contribution >= 0.6 is 23.1 Å². The Balaban J connectivity index is 1.33. The van der Waals surface area contributed by atoms with Crippen LogP contribution in [0, 0.1) is 10.1 Å². The number of benzene rings is 2. The molecule has 3 aromatic rings. The molecule has 0 saturated carbocycles. The van der Waals surface area contributed by atoms with Crippen molar-refractivity contribution >= 4 is 45.7 Å². The van der Waals surface area contributed by atoms with Gasteiger partial charge in [0, 0.05) is 66.5 Å². The van der Waals surface area contributed by atoms with Gasteiger partial charge in [0.05, 0.1) is 4.92 Å². The molecule has 1 N–H and O–H groups in total. The lowest BCUT2D eigenvalue weighted by Crippen LogP contribution is -2.55. The van der Waals surface area contributed by atoms with Crippen molar-refractivity contribution in [3.63, 3.8) is 0 Å². The van der Waals surface area contributed by atoms with E-state index >= 15 is 0 Å². The molecule has 1 saturated heterocycles. The predicted molar refractivity (Wildman–Crippen MR) is 125 cm³/mol.